The molecule has 146 valence electrons. The zero-order valence-corrected chi connectivity index (χ0v) is 15.9. The van der Waals surface area contributed by atoms with Gasteiger partial charge in [-0.15, -0.1) is 0 Å². The van der Waals surface area contributed by atoms with Crippen molar-refractivity contribution in [2.75, 3.05) is 25.5 Å². The largest absolute Gasteiger partial charge is 0.486 e. The van der Waals surface area contributed by atoms with Crippen molar-refractivity contribution in [3.63, 3.8) is 0 Å². The third kappa shape index (κ3) is 3.96. The van der Waals surface area contributed by atoms with Gasteiger partial charge in [0, 0.05) is 25.1 Å². The monoisotopic (exact) mass is 380 g/mol. The Kier molecular flexibility index (Phi) is 5.19. The molecule has 2 aliphatic heterocycles. The molecule has 1 N–H and O–H groups in total. The fraction of sp³-hybridized carbons (Fsp3) is 0.364. The summed E-state index contributed by atoms with van der Waals surface area (Å²) in [5, 5.41) is 2.94. The first-order valence-corrected chi connectivity index (χ1v) is 9.61. The molecule has 0 fully saturated rings. The second kappa shape index (κ2) is 7.92. The number of ether oxygens (including phenoxy) is 2. The van der Waals surface area contributed by atoms with E-state index < -0.39 is 0 Å². The zero-order chi connectivity index (χ0) is 19.5. The lowest BCUT2D eigenvalue weighted by atomic mass is 9.89. The van der Waals surface area contributed by atoms with Crippen molar-refractivity contribution >= 4 is 17.5 Å². The van der Waals surface area contributed by atoms with E-state index in [-0.39, 0.29) is 23.8 Å². The van der Waals surface area contributed by atoms with Gasteiger partial charge >= 0.3 is 0 Å². The number of anilines is 1. The van der Waals surface area contributed by atoms with Gasteiger partial charge in [0.1, 0.15) is 6.61 Å². The molecule has 2 aromatic carbocycles. The van der Waals surface area contributed by atoms with E-state index in [1.807, 2.05) is 48.5 Å². The minimum Gasteiger partial charge on any atom is -0.486 e. The third-order valence-corrected chi connectivity index (χ3v) is 5.29. The average molecular weight is 380 g/mol. The summed E-state index contributed by atoms with van der Waals surface area (Å²) in [5.74, 6) is 1.27. The lowest BCUT2D eigenvalue weighted by Gasteiger charge is -2.30. The van der Waals surface area contributed by atoms with Crippen molar-refractivity contribution < 1.29 is 19.1 Å². The minimum absolute atomic E-state index is 0.00484. The third-order valence-electron chi connectivity index (χ3n) is 5.29. The van der Waals surface area contributed by atoms with E-state index in [9.17, 15) is 9.59 Å². The number of amides is 2. The Morgan fingerprint density at radius 3 is 2.75 bits per heavy atom. The molecular formula is C22H24N2O4. The molecule has 2 aliphatic rings. The number of hydrogen-bond acceptors (Lipinski definition) is 4. The Labute approximate surface area is 164 Å². The number of carbonyl (C=O) groups excluding carboxylic acids is 2. The summed E-state index contributed by atoms with van der Waals surface area (Å²) >= 11 is 0. The molecule has 6 nitrogen and oxygen atoms in total. The number of rotatable bonds is 5. The Hall–Kier alpha value is -3.02. The van der Waals surface area contributed by atoms with Gasteiger partial charge in [-0.2, -0.15) is 0 Å². The molecule has 0 aromatic heterocycles. The van der Waals surface area contributed by atoms with E-state index >= 15 is 0 Å². The van der Waals surface area contributed by atoms with E-state index in [0.717, 1.165) is 17.0 Å². The number of benzene rings is 2. The first-order valence-electron chi connectivity index (χ1n) is 9.61. The van der Waals surface area contributed by atoms with E-state index in [1.165, 1.54) is 0 Å². The highest BCUT2D eigenvalue weighted by Crippen LogP contribution is 2.31. The summed E-state index contributed by atoms with van der Waals surface area (Å²) < 4.78 is 11.6. The molecule has 2 heterocycles. The van der Waals surface area contributed by atoms with Crippen LogP contribution in [0, 0.1) is 5.92 Å². The van der Waals surface area contributed by atoms with Crippen molar-refractivity contribution in [3.8, 4) is 11.5 Å². The highest BCUT2D eigenvalue weighted by Gasteiger charge is 2.28. The van der Waals surface area contributed by atoms with Crippen molar-refractivity contribution in [1.29, 1.82) is 0 Å². The van der Waals surface area contributed by atoms with Crippen LogP contribution >= 0.6 is 0 Å². The van der Waals surface area contributed by atoms with Gasteiger partial charge in [0.05, 0.1) is 6.54 Å². The lowest BCUT2D eigenvalue weighted by Crippen LogP contribution is -2.42. The maximum atomic E-state index is 12.6. The second-order valence-electron chi connectivity index (χ2n) is 7.36. The van der Waals surface area contributed by atoms with Crippen LogP contribution in [0.25, 0.3) is 0 Å². The van der Waals surface area contributed by atoms with Crippen LogP contribution in [-0.2, 0) is 16.0 Å². The van der Waals surface area contributed by atoms with E-state index in [4.69, 9.17) is 9.47 Å². The van der Waals surface area contributed by atoms with Crippen LogP contribution in [0.2, 0.25) is 0 Å². The molecule has 0 bridgehead atoms. The number of nitrogens with one attached hydrogen (secondary N) is 1. The fourth-order valence-electron chi connectivity index (χ4n) is 3.70. The van der Waals surface area contributed by atoms with E-state index in [0.29, 0.717) is 38.2 Å². The van der Waals surface area contributed by atoms with Crippen LogP contribution in [0.4, 0.5) is 5.69 Å². The van der Waals surface area contributed by atoms with Gasteiger partial charge in [-0.05, 0) is 36.6 Å². The minimum atomic E-state index is -0.200. The maximum absolute atomic E-state index is 12.6. The smallest absolute Gasteiger partial charge is 0.227 e. The first kappa shape index (κ1) is 18.3. The fourth-order valence-corrected chi connectivity index (χ4v) is 3.70. The number of likely N-dealkylation sites (N-methyl/N-ethyl adjacent to an activating group) is 1. The number of nitrogens with zero attached hydrogens (tertiary/aromatic N) is 1. The lowest BCUT2D eigenvalue weighted by molar-refractivity contribution is -0.131. The van der Waals surface area contributed by atoms with Crippen LogP contribution in [0.3, 0.4) is 0 Å². The summed E-state index contributed by atoms with van der Waals surface area (Å²) in [6.07, 6.45) is 1.35. The van der Waals surface area contributed by atoms with Gasteiger partial charge in [0.25, 0.3) is 0 Å². The summed E-state index contributed by atoms with van der Waals surface area (Å²) in [6.45, 7) is 0.864. The molecule has 0 aliphatic carbocycles. The van der Waals surface area contributed by atoms with Gasteiger partial charge < -0.3 is 19.7 Å². The van der Waals surface area contributed by atoms with E-state index in [2.05, 4.69) is 5.32 Å². The van der Waals surface area contributed by atoms with Crippen LogP contribution in [0.15, 0.2) is 48.5 Å². The van der Waals surface area contributed by atoms with Gasteiger partial charge in [-0.1, -0.05) is 30.3 Å². The highest BCUT2D eigenvalue weighted by molar-refractivity contribution is 5.96. The predicted molar refractivity (Wildman–Crippen MR) is 105 cm³/mol. The molecule has 0 saturated carbocycles. The van der Waals surface area contributed by atoms with Crippen molar-refractivity contribution in [1.82, 2.24) is 4.90 Å². The maximum Gasteiger partial charge on any atom is 0.227 e. The summed E-state index contributed by atoms with van der Waals surface area (Å²) in [4.78, 5) is 26.5. The number of hydrogen-bond donors (Lipinski definition) is 1. The number of carbonyl (C=O) groups is 2. The molecule has 6 heteroatoms. The zero-order valence-electron chi connectivity index (χ0n) is 15.9. The molecule has 0 unspecified atom stereocenters. The van der Waals surface area contributed by atoms with Crippen molar-refractivity contribution in [3.05, 3.63) is 54.1 Å². The average Bonchev–Trinajstić information content (AvgIpc) is 2.71. The standard InChI is InChI=1S/C22H24N2O4/c1-24(13-17-14-27-19-8-4-5-9-20(19)28-17)21(25)11-10-16-12-15-6-2-3-7-18(15)23-22(16)26/h2-9,16-17H,10-14H2,1H3,(H,23,26)/t16-,17+/m0/s1. The van der Waals surface area contributed by atoms with Crippen molar-refractivity contribution in [2.45, 2.75) is 25.4 Å². The van der Waals surface area contributed by atoms with Gasteiger partial charge in [-0.25, -0.2) is 0 Å². The molecular weight excluding hydrogens is 356 g/mol. The molecule has 0 saturated heterocycles. The molecule has 0 radical (unpaired) electrons. The highest BCUT2D eigenvalue weighted by atomic mass is 16.6. The Morgan fingerprint density at radius 2 is 1.89 bits per heavy atom. The first-order chi connectivity index (χ1) is 13.6. The predicted octanol–water partition coefficient (Wildman–Crippen LogP) is 2.88. The summed E-state index contributed by atoms with van der Waals surface area (Å²) in [6, 6.07) is 15.3. The Balaban J connectivity index is 1.28. The molecule has 0 spiro atoms. The molecule has 2 atom stereocenters. The number of fused-ring (bicyclic) bond motifs is 2. The summed E-state index contributed by atoms with van der Waals surface area (Å²) in [7, 11) is 1.77. The quantitative estimate of drug-likeness (QED) is 0.866. The van der Waals surface area contributed by atoms with Gasteiger partial charge in [-0.3, -0.25) is 9.59 Å². The van der Waals surface area contributed by atoms with Crippen LogP contribution in [-0.4, -0.2) is 43.0 Å². The topological polar surface area (TPSA) is 67.9 Å². The Morgan fingerprint density at radius 1 is 1.14 bits per heavy atom. The van der Waals surface area contributed by atoms with Gasteiger partial charge in [0.2, 0.25) is 11.8 Å². The van der Waals surface area contributed by atoms with Crippen LogP contribution in [0.5, 0.6) is 11.5 Å². The molecule has 28 heavy (non-hydrogen) atoms. The second-order valence-corrected chi connectivity index (χ2v) is 7.36. The SMILES string of the molecule is CN(C[C@@H]1COc2ccccc2O1)C(=O)CC[C@H]1Cc2ccccc2NC1=O. The Bertz CT molecular complexity index is 882. The molecule has 4 rings (SSSR count). The van der Waals surface area contributed by atoms with Crippen LogP contribution < -0.4 is 14.8 Å². The molecule has 2 aromatic rings. The van der Waals surface area contributed by atoms with Gasteiger partial charge in [0.15, 0.2) is 17.6 Å². The number of para-hydroxylation sites is 3. The normalized spacial score (nSPS) is 20.1. The molecule has 2 amide bonds. The van der Waals surface area contributed by atoms with E-state index in [1.54, 1.807) is 11.9 Å². The van der Waals surface area contributed by atoms with Crippen molar-refractivity contribution in [2.24, 2.45) is 5.92 Å². The summed E-state index contributed by atoms with van der Waals surface area (Å²) in [5.41, 5.74) is 2.00. The van der Waals surface area contributed by atoms with Crippen LogP contribution in [0.1, 0.15) is 18.4 Å².